The summed E-state index contributed by atoms with van der Waals surface area (Å²) in [4.78, 5) is 28.2. The number of likely N-dealkylation sites (N-methyl/N-ethyl adjacent to an activating group) is 1. The molecule has 0 aromatic heterocycles. The first-order chi connectivity index (χ1) is 13.5. The third-order valence-corrected chi connectivity index (χ3v) is 4.56. The molecule has 2 amide bonds. The van der Waals surface area contributed by atoms with Crippen LogP contribution in [0.25, 0.3) is 0 Å². The largest absolute Gasteiger partial charge is 0.372 e. The summed E-state index contributed by atoms with van der Waals surface area (Å²) in [7, 11) is 1.68. The molecule has 6 nitrogen and oxygen atoms in total. The van der Waals surface area contributed by atoms with Crippen LogP contribution in [0.4, 0.5) is 21.5 Å². The van der Waals surface area contributed by atoms with E-state index in [4.69, 9.17) is 0 Å². The molecule has 1 fully saturated rings. The number of benzene rings is 2. The van der Waals surface area contributed by atoms with Crippen LogP contribution in [0.5, 0.6) is 0 Å². The number of hydrogen-bond donors (Lipinski definition) is 2. The van der Waals surface area contributed by atoms with Gasteiger partial charge in [0.2, 0.25) is 11.8 Å². The van der Waals surface area contributed by atoms with E-state index in [9.17, 15) is 14.0 Å². The van der Waals surface area contributed by atoms with Gasteiger partial charge in [-0.05, 0) is 62.4 Å². The van der Waals surface area contributed by atoms with Crippen LogP contribution in [-0.2, 0) is 9.59 Å². The molecule has 0 radical (unpaired) electrons. The van der Waals surface area contributed by atoms with Crippen LogP contribution in [0.1, 0.15) is 12.8 Å². The first-order valence-corrected chi connectivity index (χ1v) is 9.38. The Morgan fingerprint density at radius 2 is 1.57 bits per heavy atom. The lowest BCUT2D eigenvalue weighted by Gasteiger charge is -2.18. The smallest absolute Gasteiger partial charge is 0.238 e. The van der Waals surface area contributed by atoms with Gasteiger partial charge in [0.25, 0.3) is 0 Å². The van der Waals surface area contributed by atoms with Crippen molar-refractivity contribution in [2.24, 2.45) is 0 Å². The summed E-state index contributed by atoms with van der Waals surface area (Å²) < 4.78 is 13.2. The fourth-order valence-corrected chi connectivity index (χ4v) is 3.24. The van der Waals surface area contributed by atoms with Gasteiger partial charge in [0.1, 0.15) is 5.82 Å². The lowest BCUT2D eigenvalue weighted by atomic mass is 10.2. The van der Waals surface area contributed by atoms with E-state index in [0.29, 0.717) is 5.69 Å². The normalized spacial score (nSPS) is 13.6. The molecule has 0 spiro atoms. The Bertz CT molecular complexity index is 819. The van der Waals surface area contributed by atoms with Gasteiger partial charge < -0.3 is 15.5 Å². The van der Waals surface area contributed by atoms with E-state index < -0.39 is 5.82 Å². The van der Waals surface area contributed by atoms with Gasteiger partial charge in [-0.1, -0.05) is 6.07 Å². The zero-order valence-corrected chi connectivity index (χ0v) is 16.0. The summed E-state index contributed by atoms with van der Waals surface area (Å²) in [6, 6.07) is 13.5. The van der Waals surface area contributed by atoms with E-state index in [1.54, 1.807) is 18.0 Å². The maximum absolute atomic E-state index is 13.2. The van der Waals surface area contributed by atoms with E-state index in [-0.39, 0.29) is 24.9 Å². The van der Waals surface area contributed by atoms with Gasteiger partial charge in [-0.15, -0.1) is 0 Å². The van der Waals surface area contributed by atoms with E-state index in [1.165, 1.54) is 36.7 Å². The third kappa shape index (κ3) is 5.79. The summed E-state index contributed by atoms with van der Waals surface area (Å²) >= 11 is 0. The van der Waals surface area contributed by atoms with Crippen molar-refractivity contribution in [1.29, 1.82) is 0 Å². The summed E-state index contributed by atoms with van der Waals surface area (Å²) in [5.74, 6) is -0.924. The highest BCUT2D eigenvalue weighted by Crippen LogP contribution is 2.22. The van der Waals surface area contributed by atoms with Crippen LogP contribution in [0, 0.1) is 5.82 Å². The molecule has 0 saturated carbocycles. The zero-order valence-electron chi connectivity index (χ0n) is 16.0. The van der Waals surface area contributed by atoms with Crippen LogP contribution in [-0.4, -0.2) is 49.9 Å². The number of hydrogen-bond acceptors (Lipinski definition) is 4. The number of amides is 2. The molecule has 2 N–H and O–H groups in total. The van der Waals surface area contributed by atoms with Gasteiger partial charge in [0.15, 0.2) is 0 Å². The molecule has 1 aliphatic rings. The minimum absolute atomic E-state index is 0.0256. The molecule has 148 valence electrons. The molecule has 0 unspecified atom stereocenters. The second kappa shape index (κ2) is 9.32. The molecule has 2 aromatic carbocycles. The Labute approximate surface area is 164 Å². The molecular weight excluding hydrogens is 359 g/mol. The topological polar surface area (TPSA) is 64.7 Å². The second-order valence-electron chi connectivity index (χ2n) is 7.02. The Balaban J connectivity index is 1.44. The second-order valence-corrected chi connectivity index (χ2v) is 7.02. The van der Waals surface area contributed by atoms with Crippen molar-refractivity contribution in [3.63, 3.8) is 0 Å². The average Bonchev–Trinajstić information content (AvgIpc) is 3.16. The van der Waals surface area contributed by atoms with Crippen molar-refractivity contribution in [2.75, 3.05) is 48.8 Å². The number of carbonyl (C=O) groups is 2. The zero-order chi connectivity index (χ0) is 19.9. The fourth-order valence-electron chi connectivity index (χ4n) is 3.24. The molecule has 0 bridgehead atoms. The van der Waals surface area contributed by atoms with Gasteiger partial charge in [-0.2, -0.15) is 0 Å². The van der Waals surface area contributed by atoms with Crippen molar-refractivity contribution in [3.05, 3.63) is 54.3 Å². The molecule has 1 saturated heterocycles. The number of anilines is 3. The van der Waals surface area contributed by atoms with Crippen LogP contribution in [0.2, 0.25) is 0 Å². The molecular formula is C21H25FN4O2. The van der Waals surface area contributed by atoms with E-state index in [1.807, 2.05) is 24.3 Å². The molecule has 7 heteroatoms. The Hall–Kier alpha value is -2.93. The SMILES string of the molecule is CN(CC(=O)Nc1ccc(N2CCCC2)cc1)CC(=O)Nc1cccc(F)c1. The predicted molar refractivity (Wildman–Crippen MR) is 109 cm³/mol. The van der Waals surface area contributed by atoms with Crippen molar-refractivity contribution < 1.29 is 14.0 Å². The highest BCUT2D eigenvalue weighted by Gasteiger charge is 2.13. The van der Waals surface area contributed by atoms with Crippen LogP contribution >= 0.6 is 0 Å². The summed E-state index contributed by atoms with van der Waals surface area (Å²) in [6.07, 6.45) is 2.44. The number of nitrogens with one attached hydrogen (secondary N) is 2. The third-order valence-electron chi connectivity index (χ3n) is 4.56. The van der Waals surface area contributed by atoms with Gasteiger partial charge >= 0.3 is 0 Å². The number of carbonyl (C=O) groups excluding carboxylic acids is 2. The van der Waals surface area contributed by atoms with E-state index in [2.05, 4.69) is 15.5 Å². The standard InChI is InChI=1S/C21H25FN4O2/c1-25(15-21(28)24-18-6-4-5-16(22)13-18)14-20(27)23-17-7-9-19(10-8-17)26-11-2-3-12-26/h4-10,13H,2-3,11-12,14-15H2,1H3,(H,23,27)(H,24,28). The van der Waals surface area contributed by atoms with Crippen molar-refractivity contribution >= 4 is 28.9 Å². The van der Waals surface area contributed by atoms with Crippen LogP contribution < -0.4 is 15.5 Å². The first-order valence-electron chi connectivity index (χ1n) is 9.38. The monoisotopic (exact) mass is 384 g/mol. The van der Waals surface area contributed by atoms with Crippen molar-refractivity contribution in [1.82, 2.24) is 4.90 Å². The lowest BCUT2D eigenvalue weighted by molar-refractivity contribution is -0.119. The maximum atomic E-state index is 13.2. The minimum atomic E-state index is -0.415. The Morgan fingerprint density at radius 1 is 0.964 bits per heavy atom. The number of rotatable bonds is 7. The van der Waals surface area contributed by atoms with Crippen molar-refractivity contribution in [2.45, 2.75) is 12.8 Å². The molecule has 28 heavy (non-hydrogen) atoms. The Morgan fingerprint density at radius 3 is 2.18 bits per heavy atom. The summed E-state index contributed by atoms with van der Waals surface area (Å²) in [5.41, 5.74) is 2.29. The lowest BCUT2D eigenvalue weighted by Crippen LogP contribution is -2.36. The Kier molecular flexibility index (Phi) is 6.60. The molecule has 0 aliphatic carbocycles. The number of nitrogens with zero attached hydrogens (tertiary/aromatic N) is 2. The van der Waals surface area contributed by atoms with Gasteiger partial charge in [-0.25, -0.2) is 4.39 Å². The molecule has 3 rings (SSSR count). The van der Waals surface area contributed by atoms with Gasteiger partial charge in [0, 0.05) is 30.2 Å². The average molecular weight is 384 g/mol. The molecule has 1 heterocycles. The van der Waals surface area contributed by atoms with Gasteiger partial charge in [0.05, 0.1) is 13.1 Å². The quantitative estimate of drug-likeness (QED) is 0.770. The minimum Gasteiger partial charge on any atom is -0.372 e. The number of halogens is 1. The summed E-state index contributed by atoms with van der Waals surface area (Å²) in [5, 5.41) is 5.45. The first kappa shape index (κ1) is 19.8. The van der Waals surface area contributed by atoms with Crippen LogP contribution in [0.3, 0.4) is 0 Å². The van der Waals surface area contributed by atoms with Crippen LogP contribution in [0.15, 0.2) is 48.5 Å². The summed E-state index contributed by atoms with van der Waals surface area (Å²) in [6.45, 7) is 2.25. The van der Waals surface area contributed by atoms with Gasteiger partial charge in [-0.3, -0.25) is 14.5 Å². The van der Waals surface area contributed by atoms with E-state index >= 15 is 0 Å². The highest BCUT2D eigenvalue weighted by molar-refractivity contribution is 5.94. The molecule has 0 atom stereocenters. The molecule has 2 aromatic rings. The predicted octanol–water partition coefficient (Wildman–Crippen LogP) is 2.93. The molecule has 1 aliphatic heterocycles. The fraction of sp³-hybridized carbons (Fsp3) is 0.333. The van der Waals surface area contributed by atoms with E-state index in [0.717, 1.165) is 18.8 Å². The van der Waals surface area contributed by atoms with Crippen molar-refractivity contribution in [3.8, 4) is 0 Å². The highest BCUT2D eigenvalue weighted by atomic mass is 19.1. The maximum Gasteiger partial charge on any atom is 0.238 e.